The van der Waals surface area contributed by atoms with E-state index >= 15 is 0 Å². The lowest BCUT2D eigenvalue weighted by Crippen LogP contribution is -2.34. The number of thiocarbonyl (C=S) groups is 1. The molecule has 0 saturated carbocycles. The molecule has 5 nitrogen and oxygen atoms in total. The fourth-order valence-electron chi connectivity index (χ4n) is 2.45. The first-order valence-corrected chi connectivity index (χ1v) is 9.03. The van der Waals surface area contributed by atoms with Gasteiger partial charge in [0.25, 0.3) is 11.8 Å². The quantitative estimate of drug-likeness (QED) is 0.791. The molecule has 0 spiro atoms. The van der Waals surface area contributed by atoms with Crippen molar-refractivity contribution in [1.29, 1.82) is 0 Å². The molecule has 0 aromatic heterocycles. The van der Waals surface area contributed by atoms with E-state index in [2.05, 4.69) is 31.4 Å². The third-order valence-electron chi connectivity index (χ3n) is 4.01. The molecule has 2 aromatic carbocycles. The van der Waals surface area contributed by atoms with Crippen molar-refractivity contribution in [2.75, 3.05) is 19.4 Å². The zero-order valence-electron chi connectivity index (χ0n) is 16.3. The van der Waals surface area contributed by atoms with Gasteiger partial charge in [-0.2, -0.15) is 0 Å². The van der Waals surface area contributed by atoms with Crippen molar-refractivity contribution in [3.8, 4) is 0 Å². The van der Waals surface area contributed by atoms with Gasteiger partial charge in [-0.15, -0.1) is 0 Å². The van der Waals surface area contributed by atoms with E-state index in [1.807, 2.05) is 12.1 Å². The van der Waals surface area contributed by atoms with E-state index in [-0.39, 0.29) is 22.3 Å². The Balaban J connectivity index is 2.02. The van der Waals surface area contributed by atoms with E-state index in [0.717, 1.165) is 5.56 Å². The van der Waals surface area contributed by atoms with Crippen LogP contribution in [0.5, 0.6) is 0 Å². The summed E-state index contributed by atoms with van der Waals surface area (Å²) in [7, 11) is 3.39. The fourth-order valence-corrected chi connectivity index (χ4v) is 2.66. The van der Waals surface area contributed by atoms with Crippen LogP contribution in [0.1, 0.15) is 47.1 Å². The van der Waals surface area contributed by atoms with Gasteiger partial charge in [-0.25, -0.2) is 0 Å². The molecule has 6 heteroatoms. The van der Waals surface area contributed by atoms with E-state index in [9.17, 15) is 9.59 Å². The van der Waals surface area contributed by atoms with Crippen LogP contribution >= 0.6 is 12.2 Å². The maximum absolute atomic E-state index is 12.4. The van der Waals surface area contributed by atoms with Crippen LogP contribution in [0.4, 0.5) is 5.69 Å². The van der Waals surface area contributed by atoms with Gasteiger partial charge >= 0.3 is 0 Å². The third kappa shape index (κ3) is 5.62. The van der Waals surface area contributed by atoms with Crippen molar-refractivity contribution in [2.45, 2.75) is 26.2 Å². The monoisotopic (exact) mass is 383 g/mol. The van der Waals surface area contributed by atoms with Gasteiger partial charge in [-0.05, 0) is 53.5 Å². The predicted molar refractivity (Wildman–Crippen MR) is 113 cm³/mol. The molecular formula is C21H25N3O2S. The molecule has 142 valence electrons. The lowest BCUT2D eigenvalue weighted by Gasteiger charge is -2.19. The van der Waals surface area contributed by atoms with E-state index < -0.39 is 0 Å². The average molecular weight is 384 g/mol. The Kier molecular flexibility index (Phi) is 6.33. The van der Waals surface area contributed by atoms with E-state index in [1.165, 1.54) is 4.90 Å². The highest BCUT2D eigenvalue weighted by molar-refractivity contribution is 7.80. The number of nitrogens with zero attached hydrogens (tertiary/aromatic N) is 1. The Morgan fingerprint density at radius 3 is 2.15 bits per heavy atom. The number of benzene rings is 2. The third-order valence-corrected chi connectivity index (χ3v) is 4.22. The van der Waals surface area contributed by atoms with Crippen molar-refractivity contribution in [2.24, 2.45) is 0 Å². The number of anilines is 1. The highest BCUT2D eigenvalue weighted by Crippen LogP contribution is 2.22. The van der Waals surface area contributed by atoms with Crippen LogP contribution in [0.2, 0.25) is 0 Å². The van der Waals surface area contributed by atoms with E-state index in [1.54, 1.807) is 50.5 Å². The summed E-state index contributed by atoms with van der Waals surface area (Å²) < 4.78 is 0. The molecule has 2 amide bonds. The summed E-state index contributed by atoms with van der Waals surface area (Å²) in [4.78, 5) is 25.9. The lowest BCUT2D eigenvalue weighted by atomic mass is 9.87. The fraction of sp³-hybridized carbons (Fsp3) is 0.286. The number of carbonyl (C=O) groups is 2. The topological polar surface area (TPSA) is 61.4 Å². The Bertz CT molecular complexity index is 852. The van der Waals surface area contributed by atoms with Crippen molar-refractivity contribution >= 4 is 34.8 Å². The molecule has 0 unspecified atom stereocenters. The van der Waals surface area contributed by atoms with Crippen LogP contribution in [-0.2, 0) is 5.41 Å². The SMILES string of the molecule is CN(C)C(=O)c1cccc(NC(=S)NC(=O)c2ccc(C(C)(C)C)cc2)c1. The van der Waals surface area contributed by atoms with Crippen molar-refractivity contribution in [3.63, 3.8) is 0 Å². The second-order valence-electron chi connectivity index (χ2n) is 7.52. The Morgan fingerprint density at radius 1 is 0.963 bits per heavy atom. The zero-order valence-corrected chi connectivity index (χ0v) is 17.1. The Labute approximate surface area is 165 Å². The van der Waals surface area contributed by atoms with Gasteiger partial charge < -0.3 is 10.2 Å². The van der Waals surface area contributed by atoms with E-state index in [0.29, 0.717) is 16.8 Å². The standard InChI is InChI=1S/C21H25N3O2S/c1-21(2,3)16-11-9-14(10-12-16)18(25)23-20(27)22-17-8-6-7-15(13-17)19(26)24(4)5/h6-13H,1-5H3,(H2,22,23,25,27). The molecule has 0 bridgehead atoms. The molecule has 0 saturated heterocycles. The highest BCUT2D eigenvalue weighted by atomic mass is 32.1. The first kappa shape index (κ1) is 20.6. The normalized spacial score (nSPS) is 10.9. The molecule has 0 aliphatic heterocycles. The lowest BCUT2D eigenvalue weighted by molar-refractivity contribution is 0.0827. The second kappa shape index (κ2) is 8.31. The molecule has 0 heterocycles. The van der Waals surface area contributed by atoms with Gasteiger partial charge in [0.2, 0.25) is 0 Å². The molecule has 0 aliphatic carbocycles. The maximum Gasteiger partial charge on any atom is 0.257 e. The van der Waals surface area contributed by atoms with Crippen molar-refractivity contribution in [3.05, 3.63) is 65.2 Å². The molecule has 2 rings (SSSR count). The average Bonchev–Trinajstić information content (AvgIpc) is 2.60. The number of carbonyl (C=O) groups excluding carboxylic acids is 2. The van der Waals surface area contributed by atoms with Gasteiger partial charge in [0.15, 0.2) is 5.11 Å². The highest BCUT2D eigenvalue weighted by Gasteiger charge is 2.15. The van der Waals surface area contributed by atoms with Crippen LogP contribution in [0.25, 0.3) is 0 Å². The molecule has 2 aromatic rings. The van der Waals surface area contributed by atoms with Gasteiger partial charge in [0.05, 0.1) is 0 Å². The maximum atomic E-state index is 12.4. The molecule has 2 N–H and O–H groups in total. The molecule has 27 heavy (non-hydrogen) atoms. The minimum absolute atomic E-state index is 0.0286. The van der Waals surface area contributed by atoms with Gasteiger partial charge in [-0.3, -0.25) is 14.9 Å². The van der Waals surface area contributed by atoms with Gasteiger partial charge in [0.1, 0.15) is 0 Å². The second-order valence-corrected chi connectivity index (χ2v) is 7.92. The summed E-state index contributed by atoms with van der Waals surface area (Å²) in [6.45, 7) is 6.36. The Morgan fingerprint density at radius 2 is 1.59 bits per heavy atom. The Hall–Kier alpha value is -2.73. The molecule has 0 atom stereocenters. The number of nitrogens with one attached hydrogen (secondary N) is 2. The first-order chi connectivity index (χ1) is 12.6. The summed E-state index contributed by atoms with van der Waals surface area (Å²) in [6.07, 6.45) is 0. The van der Waals surface area contributed by atoms with Crippen LogP contribution in [0.3, 0.4) is 0 Å². The summed E-state index contributed by atoms with van der Waals surface area (Å²) >= 11 is 5.22. The summed E-state index contributed by atoms with van der Waals surface area (Å²) in [5.74, 6) is -0.388. The molecule has 0 radical (unpaired) electrons. The van der Waals surface area contributed by atoms with Crippen LogP contribution in [-0.4, -0.2) is 35.9 Å². The first-order valence-electron chi connectivity index (χ1n) is 8.62. The van der Waals surface area contributed by atoms with Crippen LogP contribution < -0.4 is 10.6 Å². The van der Waals surface area contributed by atoms with Crippen LogP contribution in [0, 0.1) is 0 Å². The smallest absolute Gasteiger partial charge is 0.257 e. The summed E-state index contributed by atoms with van der Waals surface area (Å²) in [6, 6.07) is 14.4. The molecule has 0 fully saturated rings. The van der Waals surface area contributed by atoms with Crippen molar-refractivity contribution in [1.82, 2.24) is 10.2 Å². The number of amides is 2. The summed E-state index contributed by atoms with van der Waals surface area (Å²) in [5, 5.41) is 5.78. The predicted octanol–water partition coefficient (Wildman–Crippen LogP) is 3.81. The minimum Gasteiger partial charge on any atom is -0.345 e. The number of hydrogen-bond acceptors (Lipinski definition) is 3. The zero-order chi connectivity index (χ0) is 20.2. The van der Waals surface area contributed by atoms with Crippen molar-refractivity contribution < 1.29 is 9.59 Å². The van der Waals surface area contributed by atoms with Gasteiger partial charge in [0, 0.05) is 30.9 Å². The van der Waals surface area contributed by atoms with E-state index in [4.69, 9.17) is 12.2 Å². The summed E-state index contributed by atoms with van der Waals surface area (Å²) in [5.41, 5.74) is 2.89. The molecule has 0 aliphatic rings. The van der Waals surface area contributed by atoms with Gasteiger partial charge in [-0.1, -0.05) is 39.0 Å². The number of rotatable bonds is 3. The minimum atomic E-state index is -0.284. The largest absolute Gasteiger partial charge is 0.345 e. The number of hydrogen-bond donors (Lipinski definition) is 2. The molecular weight excluding hydrogens is 358 g/mol. The van der Waals surface area contributed by atoms with Crippen LogP contribution in [0.15, 0.2) is 48.5 Å².